The van der Waals surface area contributed by atoms with Crippen molar-refractivity contribution in [1.29, 1.82) is 0 Å². The summed E-state index contributed by atoms with van der Waals surface area (Å²) in [5.74, 6) is -0.176. The number of hydrogen-bond donors (Lipinski definition) is 1. The molecule has 1 N–H and O–H groups in total. The summed E-state index contributed by atoms with van der Waals surface area (Å²) in [4.78, 5) is 0. The first-order valence-corrected chi connectivity index (χ1v) is 3.67. The van der Waals surface area contributed by atoms with Gasteiger partial charge < -0.3 is 5.32 Å². The van der Waals surface area contributed by atoms with Crippen LogP contribution in [0.15, 0.2) is 24.3 Å². The fraction of sp³-hybridized carbons (Fsp3) is 0.333. The molecule has 1 nitrogen and oxygen atoms in total. The fourth-order valence-electron chi connectivity index (χ4n) is 0.943. The van der Waals surface area contributed by atoms with Crippen molar-refractivity contribution < 1.29 is 4.39 Å². The van der Waals surface area contributed by atoms with Crippen molar-refractivity contribution in [2.24, 2.45) is 0 Å². The molecule has 1 aromatic rings. The predicted octanol–water partition coefficient (Wildman–Crippen LogP) is 2.53. The first kappa shape index (κ1) is 11.4. The minimum Gasteiger partial charge on any atom is -0.313 e. The van der Waals surface area contributed by atoms with E-state index in [2.05, 4.69) is 5.32 Å². The Morgan fingerprint density at radius 2 is 2.08 bits per heavy atom. The minimum atomic E-state index is -0.176. The van der Waals surface area contributed by atoms with Crippen molar-refractivity contribution in [3.8, 4) is 0 Å². The topological polar surface area (TPSA) is 12.0 Å². The van der Waals surface area contributed by atoms with Crippen LogP contribution in [0.5, 0.6) is 0 Å². The van der Waals surface area contributed by atoms with Gasteiger partial charge in [-0.2, -0.15) is 0 Å². The van der Waals surface area contributed by atoms with Gasteiger partial charge in [-0.1, -0.05) is 12.1 Å². The van der Waals surface area contributed by atoms with Crippen LogP contribution >= 0.6 is 12.4 Å². The highest BCUT2D eigenvalue weighted by Gasteiger charge is 2.01. The van der Waals surface area contributed by atoms with E-state index in [1.807, 2.05) is 20.0 Å². The van der Waals surface area contributed by atoms with Gasteiger partial charge in [0, 0.05) is 6.04 Å². The smallest absolute Gasteiger partial charge is 0.123 e. The van der Waals surface area contributed by atoms with Crippen LogP contribution in [0.1, 0.15) is 18.5 Å². The summed E-state index contributed by atoms with van der Waals surface area (Å²) in [6.45, 7) is 1.99. The molecular weight excluding hydrogens is 177 g/mol. The van der Waals surface area contributed by atoms with E-state index >= 15 is 0 Å². The Kier molecular flexibility index (Phi) is 4.86. The van der Waals surface area contributed by atoms with Crippen LogP contribution in [0.25, 0.3) is 0 Å². The van der Waals surface area contributed by atoms with E-state index in [0.717, 1.165) is 5.56 Å². The zero-order chi connectivity index (χ0) is 8.27. The number of hydrogen-bond acceptors (Lipinski definition) is 1. The molecule has 0 saturated heterocycles. The van der Waals surface area contributed by atoms with E-state index < -0.39 is 0 Å². The van der Waals surface area contributed by atoms with Gasteiger partial charge in [-0.15, -0.1) is 12.4 Å². The maximum atomic E-state index is 12.6. The van der Waals surface area contributed by atoms with Crippen molar-refractivity contribution in [2.45, 2.75) is 13.0 Å². The van der Waals surface area contributed by atoms with Crippen LogP contribution in [0, 0.1) is 5.82 Å². The van der Waals surface area contributed by atoms with Gasteiger partial charge in [0.2, 0.25) is 0 Å². The van der Waals surface area contributed by atoms with Gasteiger partial charge in [0.15, 0.2) is 0 Å². The van der Waals surface area contributed by atoms with E-state index in [9.17, 15) is 4.39 Å². The highest BCUT2D eigenvalue weighted by molar-refractivity contribution is 5.85. The maximum Gasteiger partial charge on any atom is 0.123 e. The van der Waals surface area contributed by atoms with E-state index in [0.29, 0.717) is 0 Å². The zero-order valence-electron chi connectivity index (χ0n) is 7.17. The SMILES string of the molecule is CNC(C)c1cccc(F)c1.Cl. The molecule has 0 aliphatic carbocycles. The number of benzene rings is 1. The first-order chi connectivity index (χ1) is 5.24. The number of nitrogens with one attached hydrogen (secondary N) is 1. The summed E-state index contributed by atoms with van der Waals surface area (Å²) in [5.41, 5.74) is 0.979. The second-order valence-corrected chi connectivity index (χ2v) is 2.57. The Bertz CT molecular complexity index is 240. The lowest BCUT2D eigenvalue weighted by molar-refractivity contribution is 0.608. The fourth-order valence-corrected chi connectivity index (χ4v) is 0.943. The molecule has 0 spiro atoms. The predicted molar refractivity (Wildman–Crippen MR) is 51.1 cm³/mol. The van der Waals surface area contributed by atoms with Gasteiger partial charge in [0.25, 0.3) is 0 Å². The third-order valence-corrected chi connectivity index (χ3v) is 1.78. The summed E-state index contributed by atoms with van der Waals surface area (Å²) >= 11 is 0. The van der Waals surface area contributed by atoms with Crippen LogP contribution in [0.4, 0.5) is 4.39 Å². The Morgan fingerprint density at radius 1 is 1.42 bits per heavy atom. The average molecular weight is 190 g/mol. The van der Waals surface area contributed by atoms with E-state index in [1.165, 1.54) is 6.07 Å². The Labute approximate surface area is 78.4 Å². The molecule has 0 aliphatic heterocycles. The second-order valence-electron chi connectivity index (χ2n) is 2.57. The molecule has 0 aromatic heterocycles. The molecule has 68 valence electrons. The quantitative estimate of drug-likeness (QED) is 0.754. The molecule has 0 saturated carbocycles. The summed E-state index contributed by atoms with van der Waals surface area (Å²) in [6.07, 6.45) is 0. The second kappa shape index (κ2) is 5.12. The molecular formula is C9H13ClFN. The van der Waals surface area contributed by atoms with E-state index in [-0.39, 0.29) is 24.3 Å². The lowest BCUT2D eigenvalue weighted by Crippen LogP contribution is -2.12. The summed E-state index contributed by atoms with van der Waals surface area (Å²) in [6, 6.07) is 6.83. The van der Waals surface area contributed by atoms with Crippen molar-refractivity contribution >= 4 is 12.4 Å². The third-order valence-electron chi connectivity index (χ3n) is 1.78. The normalized spacial score (nSPS) is 11.9. The van der Waals surface area contributed by atoms with Crippen LogP contribution in [-0.4, -0.2) is 7.05 Å². The van der Waals surface area contributed by atoms with Gasteiger partial charge in [-0.3, -0.25) is 0 Å². The summed E-state index contributed by atoms with van der Waals surface area (Å²) in [7, 11) is 1.86. The number of halogens is 2. The minimum absolute atomic E-state index is 0. The largest absolute Gasteiger partial charge is 0.313 e. The molecule has 0 radical (unpaired) electrons. The molecule has 3 heteroatoms. The molecule has 0 aliphatic rings. The molecule has 0 heterocycles. The van der Waals surface area contributed by atoms with Crippen LogP contribution in [0.3, 0.4) is 0 Å². The lowest BCUT2D eigenvalue weighted by atomic mass is 10.1. The molecule has 0 fully saturated rings. The molecule has 0 amide bonds. The maximum absolute atomic E-state index is 12.6. The Hall–Kier alpha value is -0.600. The van der Waals surface area contributed by atoms with Crippen LogP contribution in [0.2, 0.25) is 0 Å². The first-order valence-electron chi connectivity index (χ1n) is 3.67. The number of rotatable bonds is 2. The van der Waals surface area contributed by atoms with Crippen molar-refractivity contribution in [3.05, 3.63) is 35.6 Å². The molecule has 1 aromatic carbocycles. The molecule has 1 rings (SSSR count). The van der Waals surface area contributed by atoms with Crippen molar-refractivity contribution in [2.75, 3.05) is 7.05 Å². The Morgan fingerprint density at radius 3 is 2.58 bits per heavy atom. The standard InChI is InChI=1S/C9H12FN.ClH/c1-7(11-2)8-4-3-5-9(10)6-8;/h3-7,11H,1-2H3;1H. The summed E-state index contributed by atoms with van der Waals surface area (Å²) in [5, 5.41) is 3.04. The molecule has 12 heavy (non-hydrogen) atoms. The van der Waals surface area contributed by atoms with Crippen LogP contribution < -0.4 is 5.32 Å². The Balaban J connectivity index is 0.00000121. The molecule has 1 atom stereocenters. The zero-order valence-corrected chi connectivity index (χ0v) is 7.99. The third kappa shape index (κ3) is 2.80. The van der Waals surface area contributed by atoms with Gasteiger partial charge in [0.05, 0.1) is 0 Å². The average Bonchev–Trinajstić information content (AvgIpc) is 2.03. The van der Waals surface area contributed by atoms with Crippen molar-refractivity contribution in [3.63, 3.8) is 0 Å². The molecule has 0 bridgehead atoms. The lowest BCUT2D eigenvalue weighted by Gasteiger charge is -2.09. The van der Waals surface area contributed by atoms with Gasteiger partial charge in [-0.25, -0.2) is 4.39 Å². The van der Waals surface area contributed by atoms with E-state index in [4.69, 9.17) is 0 Å². The highest BCUT2D eigenvalue weighted by Crippen LogP contribution is 2.11. The van der Waals surface area contributed by atoms with Crippen molar-refractivity contribution in [1.82, 2.24) is 5.32 Å². The monoisotopic (exact) mass is 189 g/mol. The molecule has 1 unspecified atom stereocenters. The summed E-state index contributed by atoms with van der Waals surface area (Å²) < 4.78 is 12.6. The van der Waals surface area contributed by atoms with Gasteiger partial charge >= 0.3 is 0 Å². The van der Waals surface area contributed by atoms with Gasteiger partial charge in [-0.05, 0) is 31.7 Å². The van der Waals surface area contributed by atoms with E-state index in [1.54, 1.807) is 12.1 Å². The van der Waals surface area contributed by atoms with Gasteiger partial charge in [0.1, 0.15) is 5.82 Å². The highest BCUT2D eigenvalue weighted by atomic mass is 35.5. The van der Waals surface area contributed by atoms with Crippen LogP contribution in [-0.2, 0) is 0 Å².